The molecule has 0 bridgehead atoms. The molecule has 8 heteroatoms. The Balaban J connectivity index is 2.71. The lowest BCUT2D eigenvalue weighted by molar-refractivity contribution is 0.204. The van der Waals surface area contributed by atoms with Crippen LogP contribution in [0, 0.1) is 0 Å². The minimum absolute atomic E-state index is 0.224. The van der Waals surface area contributed by atoms with Crippen molar-refractivity contribution >= 4 is 16.0 Å². The van der Waals surface area contributed by atoms with Crippen LogP contribution in [0.1, 0.15) is 5.56 Å². The van der Waals surface area contributed by atoms with E-state index in [1.165, 1.54) is 7.11 Å². The molecule has 1 aromatic rings. The second kappa shape index (κ2) is 9.98. The summed E-state index contributed by atoms with van der Waals surface area (Å²) in [4.78, 5) is 4.29. The molecule has 1 rings (SSSR count). The molecule has 0 aliphatic rings. The first kappa shape index (κ1) is 19.1. The normalized spacial score (nSPS) is 12.0. The van der Waals surface area contributed by atoms with Gasteiger partial charge in [-0.3, -0.25) is 4.99 Å². The number of nitrogens with one attached hydrogen (secondary N) is 3. The lowest BCUT2D eigenvalue weighted by atomic mass is 10.2. The summed E-state index contributed by atoms with van der Waals surface area (Å²) >= 11 is 0. The van der Waals surface area contributed by atoms with Crippen molar-refractivity contribution in [3.05, 3.63) is 42.5 Å². The zero-order chi connectivity index (χ0) is 17.1. The zero-order valence-corrected chi connectivity index (χ0v) is 14.3. The summed E-state index contributed by atoms with van der Waals surface area (Å²) in [6.45, 7) is 5.24. The van der Waals surface area contributed by atoms with Crippen LogP contribution in [0.15, 0.2) is 46.8 Å². The molecule has 0 radical (unpaired) electrons. The predicted octanol–water partition coefficient (Wildman–Crippen LogP) is 0.462. The third kappa shape index (κ3) is 6.81. The molecular formula is C15H24N4O3S. The fourth-order valence-electron chi connectivity index (χ4n) is 1.76. The van der Waals surface area contributed by atoms with Crippen LogP contribution < -0.4 is 15.4 Å². The van der Waals surface area contributed by atoms with E-state index in [0.717, 1.165) is 5.56 Å². The molecule has 0 fully saturated rings. The highest BCUT2D eigenvalue weighted by Crippen LogP contribution is 2.11. The van der Waals surface area contributed by atoms with Crippen LogP contribution >= 0.6 is 0 Å². The van der Waals surface area contributed by atoms with Crippen LogP contribution in [0.5, 0.6) is 0 Å². The molecule has 0 aliphatic carbocycles. The average molecular weight is 340 g/mol. The lowest BCUT2D eigenvalue weighted by Crippen LogP contribution is -2.36. The van der Waals surface area contributed by atoms with Gasteiger partial charge in [-0.1, -0.05) is 18.2 Å². The molecule has 1 aromatic carbocycles. The number of sulfonamides is 1. The van der Waals surface area contributed by atoms with Crippen LogP contribution in [0.3, 0.4) is 0 Å². The fourth-order valence-corrected chi connectivity index (χ4v) is 2.84. The van der Waals surface area contributed by atoms with Gasteiger partial charge in [0.1, 0.15) is 0 Å². The molecule has 3 N–H and O–H groups in total. The maximum Gasteiger partial charge on any atom is 0.240 e. The van der Waals surface area contributed by atoms with Gasteiger partial charge in [0.05, 0.1) is 11.5 Å². The lowest BCUT2D eigenvalue weighted by Gasteiger charge is -2.11. The second-order valence-electron chi connectivity index (χ2n) is 4.63. The Kier molecular flexibility index (Phi) is 8.31. The number of aliphatic imine (C=N–C) groups is 1. The highest BCUT2D eigenvalue weighted by molar-refractivity contribution is 7.89. The van der Waals surface area contributed by atoms with Gasteiger partial charge in [-0.25, -0.2) is 13.1 Å². The van der Waals surface area contributed by atoms with Gasteiger partial charge in [0.15, 0.2) is 5.96 Å². The molecular weight excluding hydrogens is 316 g/mol. The summed E-state index contributed by atoms with van der Waals surface area (Å²) in [5.41, 5.74) is 0.834. The van der Waals surface area contributed by atoms with Crippen molar-refractivity contribution in [3.63, 3.8) is 0 Å². The maximum absolute atomic E-state index is 12.2. The molecule has 7 nitrogen and oxygen atoms in total. The molecule has 0 heterocycles. The molecule has 0 aromatic heterocycles. The van der Waals surface area contributed by atoms with Gasteiger partial charge in [0.2, 0.25) is 10.0 Å². The van der Waals surface area contributed by atoms with Crippen LogP contribution in [-0.4, -0.2) is 48.2 Å². The van der Waals surface area contributed by atoms with Crippen molar-refractivity contribution in [1.82, 2.24) is 15.4 Å². The molecule has 0 saturated heterocycles. The Labute approximate surface area is 137 Å². The van der Waals surface area contributed by atoms with Crippen molar-refractivity contribution < 1.29 is 13.2 Å². The minimum atomic E-state index is -3.53. The molecule has 0 saturated carbocycles. The van der Waals surface area contributed by atoms with Crippen molar-refractivity contribution in [2.75, 3.05) is 33.9 Å². The summed E-state index contributed by atoms with van der Waals surface area (Å²) in [5, 5.41) is 6.15. The number of ether oxygens (including phenoxy) is 1. The van der Waals surface area contributed by atoms with Crippen molar-refractivity contribution in [1.29, 1.82) is 0 Å². The molecule has 0 spiro atoms. The largest absolute Gasteiger partial charge is 0.383 e. The van der Waals surface area contributed by atoms with Gasteiger partial charge in [0, 0.05) is 33.8 Å². The zero-order valence-electron chi connectivity index (χ0n) is 13.5. The number of methoxy groups -OCH3 is 1. The van der Waals surface area contributed by atoms with Crippen LogP contribution in [0.25, 0.3) is 0 Å². The van der Waals surface area contributed by atoms with Gasteiger partial charge in [-0.2, -0.15) is 0 Å². The Morgan fingerprint density at radius 1 is 1.39 bits per heavy atom. The van der Waals surface area contributed by atoms with E-state index >= 15 is 0 Å². The number of hydrogen-bond acceptors (Lipinski definition) is 4. The predicted molar refractivity (Wildman–Crippen MR) is 91.9 cm³/mol. The number of guanidine groups is 1. The van der Waals surface area contributed by atoms with E-state index in [4.69, 9.17) is 4.74 Å². The standard InChI is InChI=1S/C15H24N4O3S/c1-4-8-17-15(16-2)18-12-13-6-5-7-14(11-13)23(20,21)19-9-10-22-3/h4-7,11,19H,1,8-10,12H2,2-3H3,(H2,16,17,18). The van der Waals surface area contributed by atoms with Crippen molar-refractivity contribution in [2.45, 2.75) is 11.4 Å². The van der Waals surface area contributed by atoms with Crippen molar-refractivity contribution in [2.24, 2.45) is 4.99 Å². The molecule has 0 atom stereocenters. The maximum atomic E-state index is 12.2. The average Bonchev–Trinajstić information content (AvgIpc) is 2.55. The quantitative estimate of drug-likeness (QED) is 0.263. The Morgan fingerprint density at radius 2 is 2.17 bits per heavy atom. The van der Waals surface area contributed by atoms with E-state index in [1.54, 1.807) is 31.3 Å². The van der Waals surface area contributed by atoms with E-state index in [1.807, 2.05) is 6.07 Å². The van der Waals surface area contributed by atoms with Gasteiger partial charge < -0.3 is 15.4 Å². The summed E-state index contributed by atoms with van der Waals surface area (Å²) in [7, 11) is -0.343. The van der Waals surface area contributed by atoms with E-state index in [-0.39, 0.29) is 11.4 Å². The Hall–Kier alpha value is -1.90. The Morgan fingerprint density at radius 3 is 2.83 bits per heavy atom. The first-order chi connectivity index (χ1) is 11.0. The molecule has 23 heavy (non-hydrogen) atoms. The molecule has 0 aliphatic heterocycles. The van der Waals surface area contributed by atoms with Crippen LogP contribution in [-0.2, 0) is 21.3 Å². The fraction of sp³-hybridized carbons (Fsp3) is 0.400. The van der Waals surface area contributed by atoms with E-state index in [9.17, 15) is 8.42 Å². The second-order valence-corrected chi connectivity index (χ2v) is 6.40. The highest BCUT2D eigenvalue weighted by Gasteiger charge is 2.13. The summed E-state index contributed by atoms with van der Waals surface area (Å²) in [6.07, 6.45) is 1.73. The number of rotatable bonds is 9. The summed E-state index contributed by atoms with van der Waals surface area (Å²) in [5.74, 6) is 0.622. The van der Waals surface area contributed by atoms with Gasteiger partial charge >= 0.3 is 0 Å². The Bertz CT molecular complexity index is 629. The third-order valence-corrected chi connectivity index (χ3v) is 4.36. The van der Waals surface area contributed by atoms with Gasteiger partial charge in [-0.05, 0) is 17.7 Å². The van der Waals surface area contributed by atoms with E-state index < -0.39 is 10.0 Å². The number of benzene rings is 1. The van der Waals surface area contributed by atoms with Crippen LogP contribution in [0.2, 0.25) is 0 Å². The SMILES string of the molecule is C=CCNC(=NC)NCc1cccc(S(=O)(=O)NCCOC)c1. The first-order valence-corrected chi connectivity index (χ1v) is 8.64. The monoisotopic (exact) mass is 340 g/mol. The number of hydrogen-bond donors (Lipinski definition) is 3. The summed E-state index contributed by atoms with van der Waals surface area (Å²) < 4.78 is 31.7. The van der Waals surface area contributed by atoms with Gasteiger partial charge in [-0.15, -0.1) is 6.58 Å². The minimum Gasteiger partial charge on any atom is -0.383 e. The highest BCUT2D eigenvalue weighted by atomic mass is 32.2. The smallest absolute Gasteiger partial charge is 0.240 e. The van der Waals surface area contributed by atoms with Crippen LogP contribution in [0.4, 0.5) is 0 Å². The summed E-state index contributed by atoms with van der Waals surface area (Å²) in [6, 6.07) is 6.75. The topological polar surface area (TPSA) is 91.8 Å². The van der Waals surface area contributed by atoms with Gasteiger partial charge in [0.25, 0.3) is 0 Å². The molecule has 0 unspecified atom stereocenters. The molecule has 0 amide bonds. The van der Waals surface area contributed by atoms with E-state index in [0.29, 0.717) is 25.7 Å². The third-order valence-electron chi connectivity index (χ3n) is 2.90. The van der Waals surface area contributed by atoms with Crippen molar-refractivity contribution in [3.8, 4) is 0 Å². The first-order valence-electron chi connectivity index (χ1n) is 7.16. The molecule has 128 valence electrons. The number of nitrogens with zero attached hydrogens (tertiary/aromatic N) is 1. The van der Waals surface area contributed by atoms with E-state index in [2.05, 4.69) is 26.9 Å².